The minimum Gasteiger partial charge on any atom is -0.494 e. The highest BCUT2D eigenvalue weighted by atomic mass is 35.5. The van der Waals surface area contributed by atoms with Crippen LogP contribution in [0.5, 0.6) is 11.5 Å². The average molecular weight is 306 g/mol. The minimum atomic E-state index is -1.30. The molecule has 1 atom stereocenters. The van der Waals surface area contributed by atoms with Gasteiger partial charge in [-0.2, -0.15) is 5.11 Å². The molecule has 0 aromatic heterocycles. The van der Waals surface area contributed by atoms with E-state index in [-0.39, 0.29) is 0 Å². The van der Waals surface area contributed by atoms with Crippen molar-refractivity contribution < 1.29 is 14.6 Å². The molecule has 2 aromatic rings. The molecule has 0 aliphatic heterocycles. The highest BCUT2D eigenvalue weighted by molar-refractivity contribution is 6.30. The molecule has 0 heterocycles. The molecule has 0 N–H and O–H groups in total. The van der Waals surface area contributed by atoms with Gasteiger partial charge in [0.25, 0.3) is 6.29 Å². The molecule has 0 saturated carbocycles. The van der Waals surface area contributed by atoms with Crippen LogP contribution in [0.4, 0.5) is 0 Å². The third-order valence-corrected chi connectivity index (χ3v) is 3.19. The summed E-state index contributed by atoms with van der Waals surface area (Å²) >= 11 is 5.86. The Hall–Kier alpha value is -1.71. The van der Waals surface area contributed by atoms with Crippen molar-refractivity contribution in [3.63, 3.8) is 0 Å². The van der Waals surface area contributed by atoms with Gasteiger partial charge in [-0.25, -0.2) is 0 Å². The number of halogens is 1. The maximum atomic E-state index is 12.0. The summed E-state index contributed by atoms with van der Waals surface area (Å²) in [5, 5.41) is 12.6. The van der Waals surface area contributed by atoms with E-state index in [0.717, 1.165) is 18.6 Å². The first-order valence-corrected chi connectivity index (χ1v) is 7.37. The lowest BCUT2D eigenvalue weighted by molar-refractivity contribution is -0.0741. The Balaban J connectivity index is 1.93. The van der Waals surface area contributed by atoms with E-state index < -0.39 is 6.29 Å². The largest absolute Gasteiger partial charge is 0.494 e. The molecule has 2 rings (SSSR count). The fourth-order valence-electron chi connectivity index (χ4n) is 1.79. The first kappa shape index (κ1) is 15.7. The molecule has 0 amide bonds. The van der Waals surface area contributed by atoms with Crippen LogP contribution in [0.15, 0.2) is 48.5 Å². The topological polar surface area (TPSA) is 38.4 Å². The van der Waals surface area contributed by atoms with Crippen LogP contribution in [-0.2, 0) is 5.11 Å². The summed E-state index contributed by atoms with van der Waals surface area (Å²) in [4.78, 5) is 0. The summed E-state index contributed by atoms with van der Waals surface area (Å²) in [5.41, 5.74) is 0.505. The van der Waals surface area contributed by atoms with Crippen molar-refractivity contribution in [2.45, 2.75) is 26.1 Å². The van der Waals surface area contributed by atoms with Crippen LogP contribution in [0.3, 0.4) is 0 Å². The fourth-order valence-corrected chi connectivity index (χ4v) is 1.99. The minimum absolute atomic E-state index is 0.505. The van der Waals surface area contributed by atoms with Crippen molar-refractivity contribution in [2.24, 2.45) is 0 Å². The molecule has 1 unspecified atom stereocenters. The third-order valence-electron chi connectivity index (χ3n) is 2.95. The van der Waals surface area contributed by atoms with Crippen molar-refractivity contribution in [3.8, 4) is 11.5 Å². The Labute approximate surface area is 130 Å². The van der Waals surface area contributed by atoms with Crippen molar-refractivity contribution in [1.29, 1.82) is 0 Å². The van der Waals surface area contributed by atoms with Gasteiger partial charge in [0, 0.05) is 10.6 Å². The molecule has 111 valence electrons. The number of benzene rings is 2. The van der Waals surface area contributed by atoms with Gasteiger partial charge in [-0.3, -0.25) is 0 Å². The molecular weight excluding hydrogens is 288 g/mol. The molecule has 0 aliphatic carbocycles. The van der Waals surface area contributed by atoms with Crippen LogP contribution in [0.25, 0.3) is 0 Å². The van der Waals surface area contributed by atoms with Crippen molar-refractivity contribution in [3.05, 3.63) is 59.1 Å². The van der Waals surface area contributed by atoms with E-state index in [9.17, 15) is 5.11 Å². The van der Waals surface area contributed by atoms with E-state index in [0.29, 0.717) is 22.9 Å². The van der Waals surface area contributed by atoms with E-state index in [4.69, 9.17) is 21.1 Å². The molecule has 4 heteroatoms. The zero-order chi connectivity index (χ0) is 15.1. The van der Waals surface area contributed by atoms with Crippen molar-refractivity contribution >= 4 is 11.6 Å². The molecule has 3 nitrogen and oxygen atoms in total. The molecule has 1 radical (unpaired) electrons. The molecule has 2 aromatic carbocycles. The lowest BCUT2D eigenvalue weighted by atomic mass is 10.2. The Morgan fingerprint density at radius 1 is 1.10 bits per heavy atom. The van der Waals surface area contributed by atoms with Crippen molar-refractivity contribution in [2.75, 3.05) is 6.61 Å². The van der Waals surface area contributed by atoms with Gasteiger partial charge in [0.2, 0.25) is 0 Å². The van der Waals surface area contributed by atoms with Gasteiger partial charge in [-0.05, 0) is 42.8 Å². The SMILES string of the molecule is CCCCOc1ccc(OC([O])c2cccc(Cl)c2)cc1. The highest BCUT2D eigenvalue weighted by Crippen LogP contribution is 2.24. The maximum absolute atomic E-state index is 12.0. The van der Waals surface area contributed by atoms with Crippen LogP contribution in [-0.4, -0.2) is 6.61 Å². The first-order chi connectivity index (χ1) is 10.2. The summed E-state index contributed by atoms with van der Waals surface area (Å²) < 4.78 is 10.9. The summed E-state index contributed by atoms with van der Waals surface area (Å²) in [6, 6.07) is 13.8. The van der Waals surface area contributed by atoms with E-state index in [1.807, 2.05) is 0 Å². The Morgan fingerprint density at radius 2 is 1.81 bits per heavy atom. The Morgan fingerprint density at radius 3 is 2.48 bits per heavy atom. The lowest BCUT2D eigenvalue weighted by Gasteiger charge is -2.13. The second-order valence-corrected chi connectivity index (χ2v) is 5.11. The van der Waals surface area contributed by atoms with Gasteiger partial charge < -0.3 is 9.47 Å². The second kappa shape index (κ2) is 7.91. The number of hydrogen-bond acceptors (Lipinski definition) is 2. The third kappa shape index (κ3) is 4.96. The quantitative estimate of drug-likeness (QED) is 0.531. The molecule has 0 spiro atoms. The molecular formula is C17H18ClO3. The fraction of sp³-hybridized carbons (Fsp3) is 0.294. The summed E-state index contributed by atoms with van der Waals surface area (Å²) in [6.07, 6.45) is 0.824. The monoisotopic (exact) mass is 305 g/mol. The van der Waals surface area contributed by atoms with Gasteiger partial charge >= 0.3 is 0 Å². The van der Waals surface area contributed by atoms with Crippen LogP contribution >= 0.6 is 11.6 Å². The van der Waals surface area contributed by atoms with Gasteiger partial charge in [-0.15, -0.1) is 0 Å². The lowest BCUT2D eigenvalue weighted by Crippen LogP contribution is -2.04. The summed E-state index contributed by atoms with van der Waals surface area (Å²) in [5.74, 6) is 1.29. The predicted molar refractivity (Wildman–Crippen MR) is 82.4 cm³/mol. The van der Waals surface area contributed by atoms with Gasteiger partial charge in [0.05, 0.1) is 6.61 Å². The Kier molecular flexibility index (Phi) is 5.90. The second-order valence-electron chi connectivity index (χ2n) is 4.68. The first-order valence-electron chi connectivity index (χ1n) is 7.00. The van der Waals surface area contributed by atoms with Crippen molar-refractivity contribution in [1.82, 2.24) is 0 Å². The molecule has 21 heavy (non-hydrogen) atoms. The van der Waals surface area contributed by atoms with Crippen LogP contribution in [0.1, 0.15) is 31.6 Å². The maximum Gasteiger partial charge on any atom is 0.257 e. The Bertz CT molecular complexity index is 554. The average Bonchev–Trinajstić information content (AvgIpc) is 2.49. The summed E-state index contributed by atoms with van der Waals surface area (Å²) in [7, 11) is 0. The van der Waals surface area contributed by atoms with E-state index in [2.05, 4.69) is 6.92 Å². The zero-order valence-electron chi connectivity index (χ0n) is 11.9. The molecule has 0 saturated heterocycles. The normalized spacial score (nSPS) is 12.0. The number of hydrogen-bond donors (Lipinski definition) is 0. The van der Waals surface area contributed by atoms with E-state index in [1.165, 1.54) is 0 Å². The number of rotatable bonds is 7. The number of ether oxygens (including phenoxy) is 2. The smallest absolute Gasteiger partial charge is 0.257 e. The summed E-state index contributed by atoms with van der Waals surface area (Å²) in [6.45, 7) is 2.81. The molecule has 0 bridgehead atoms. The predicted octanol–water partition coefficient (Wildman–Crippen LogP) is 5.03. The van der Waals surface area contributed by atoms with Gasteiger partial charge in [0.1, 0.15) is 11.5 Å². The van der Waals surface area contributed by atoms with Gasteiger partial charge in [-0.1, -0.05) is 37.1 Å². The molecule has 0 aliphatic rings. The van der Waals surface area contributed by atoms with Crippen LogP contribution < -0.4 is 9.47 Å². The zero-order valence-corrected chi connectivity index (χ0v) is 12.7. The van der Waals surface area contributed by atoms with E-state index >= 15 is 0 Å². The number of unbranched alkanes of at least 4 members (excludes halogenated alkanes) is 1. The van der Waals surface area contributed by atoms with Gasteiger partial charge in [0.15, 0.2) is 0 Å². The standard InChI is InChI=1S/C17H18ClO3/c1-2-3-11-20-15-7-9-16(10-8-15)21-17(19)13-5-4-6-14(18)12-13/h4-10,12,17H,2-3,11H2,1H3. The molecule has 0 fully saturated rings. The van der Waals surface area contributed by atoms with Crippen LogP contribution in [0.2, 0.25) is 5.02 Å². The van der Waals surface area contributed by atoms with E-state index in [1.54, 1.807) is 48.5 Å². The highest BCUT2D eigenvalue weighted by Gasteiger charge is 2.11. The van der Waals surface area contributed by atoms with Crippen LogP contribution in [0, 0.1) is 0 Å².